The number of nitrogens with one attached hydrogen (secondary N) is 1. The van der Waals surface area contributed by atoms with Gasteiger partial charge in [0.25, 0.3) is 0 Å². The topological polar surface area (TPSA) is 116 Å². The maximum absolute atomic E-state index is 13.8. The largest absolute Gasteiger partial charge is 0.481 e. The van der Waals surface area contributed by atoms with Crippen molar-refractivity contribution >= 4 is 30.0 Å². The number of carbonyl (C=O) groups is 4. The molecule has 0 aromatic heterocycles. The molecule has 41 heavy (non-hydrogen) atoms. The minimum atomic E-state index is -1.29. The molecule has 2 heterocycles. The molecule has 5 rings (SSSR count). The van der Waals surface area contributed by atoms with Gasteiger partial charge in [-0.3, -0.25) is 19.3 Å². The van der Waals surface area contributed by atoms with Crippen molar-refractivity contribution in [3.63, 3.8) is 0 Å². The number of benzene rings is 3. The van der Waals surface area contributed by atoms with E-state index in [1.165, 1.54) is 9.80 Å². The van der Waals surface area contributed by atoms with Gasteiger partial charge in [-0.25, -0.2) is 4.79 Å². The van der Waals surface area contributed by atoms with Crippen molar-refractivity contribution in [1.82, 2.24) is 15.1 Å². The molecular weight excluding hydrogens is 522 g/mol. The van der Waals surface area contributed by atoms with Crippen molar-refractivity contribution in [2.24, 2.45) is 0 Å². The Kier molecular flexibility index (Phi) is 8.14. The molecule has 2 N–H and O–H groups in total. The standard InChI is InChI=1S/C32H31N3O6/c1-21(23-13-7-3-8-14-23)33-30(38)26(19-28(36)37)34-25(18-17-22-11-5-2-6-12-22)29(31(34)39)35-27(20-41-32(35)40)24-15-9-4-10-16-24/h2-18,21,25-27,29H,19-20H2,1H3,(H,33,38)(H,36,37)/t21-,25?,26?,27-,29?/m1/s1. The Morgan fingerprint density at radius 2 is 1.59 bits per heavy atom. The van der Waals surface area contributed by atoms with E-state index < -0.39 is 60.5 Å². The van der Waals surface area contributed by atoms with Crippen LogP contribution in [-0.4, -0.2) is 63.5 Å². The highest BCUT2D eigenvalue weighted by Crippen LogP contribution is 2.39. The maximum Gasteiger partial charge on any atom is 0.411 e. The van der Waals surface area contributed by atoms with E-state index in [2.05, 4.69) is 5.32 Å². The smallest absolute Gasteiger partial charge is 0.411 e. The predicted molar refractivity (Wildman–Crippen MR) is 151 cm³/mol. The summed E-state index contributed by atoms with van der Waals surface area (Å²) in [4.78, 5) is 55.0. The van der Waals surface area contributed by atoms with Crippen LogP contribution in [-0.2, 0) is 19.1 Å². The quantitative estimate of drug-likeness (QED) is 0.364. The normalized spacial score (nSPS) is 21.7. The highest BCUT2D eigenvalue weighted by atomic mass is 16.6. The van der Waals surface area contributed by atoms with Crippen LogP contribution in [0, 0.1) is 0 Å². The van der Waals surface area contributed by atoms with Crippen LogP contribution < -0.4 is 5.32 Å². The molecule has 2 saturated heterocycles. The van der Waals surface area contributed by atoms with Crippen molar-refractivity contribution in [3.8, 4) is 0 Å². The average Bonchev–Trinajstić information content (AvgIpc) is 3.36. The third-order valence-corrected chi connectivity index (χ3v) is 7.50. The first-order valence-corrected chi connectivity index (χ1v) is 13.5. The fraction of sp³-hybridized carbons (Fsp3) is 0.250. The Morgan fingerprint density at radius 1 is 0.976 bits per heavy atom. The number of carboxylic acids is 1. The number of amides is 3. The van der Waals surface area contributed by atoms with Crippen LogP contribution >= 0.6 is 0 Å². The van der Waals surface area contributed by atoms with E-state index in [4.69, 9.17) is 4.74 Å². The summed E-state index contributed by atoms with van der Waals surface area (Å²) in [7, 11) is 0. The first-order chi connectivity index (χ1) is 19.8. The van der Waals surface area contributed by atoms with Gasteiger partial charge in [-0.15, -0.1) is 0 Å². The van der Waals surface area contributed by atoms with E-state index in [0.29, 0.717) is 0 Å². The summed E-state index contributed by atoms with van der Waals surface area (Å²) in [5.74, 6) is -2.32. The molecule has 3 unspecified atom stereocenters. The number of β-lactam (4-membered cyclic amide) rings is 1. The zero-order valence-corrected chi connectivity index (χ0v) is 22.5. The highest BCUT2D eigenvalue weighted by molar-refractivity contribution is 5.99. The maximum atomic E-state index is 13.8. The lowest BCUT2D eigenvalue weighted by Crippen LogP contribution is -2.74. The minimum absolute atomic E-state index is 0.0787. The zero-order chi connectivity index (χ0) is 28.9. The van der Waals surface area contributed by atoms with E-state index in [-0.39, 0.29) is 6.61 Å². The van der Waals surface area contributed by atoms with Gasteiger partial charge < -0.3 is 20.1 Å². The van der Waals surface area contributed by atoms with Gasteiger partial charge in [-0.2, -0.15) is 0 Å². The Hall–Kier alpha value is -4.92. The zero-order valence-electron chi connectivity index (χ0n) is 22.5. The Morgan fingerprint density at radius 3 is 2.22 bits per heavy atom. The number of nitrogens with zero attached hydrogens (tertiary/aromatic N) is 2. The second-order valence-electron chi connectivity index (χ2n) is 10.1. The summed E-state index contributed by atoms with van der Waals surface area (Å²) in [6.07, 6.45) is 2.33. The number of hydrogen-bond donors (Lipinski definition) is 2. The van der Waals surface area contributed by atoms with Crippen LogP contribution in [0.2, 0.25) is 0 Å². The van der Waals surface area contributed by atoms with Crippen molar-refractivity contribution < 1.29 is 29.0 Å². The molecule has 0 aliphatic carbocycles. The summed E-state index contributed by atoms with van der Waals surface area (Å²) in [6.45, 7) is 1.87. The molecular formula is C32H31N3O6. The molecule has 5 atom stereocenters. The SMILES string of the molecule is C[C@@H](NC(=O)C(CC(=O)O)N1C(=O)C(N2C(=O)OC[C@@H]2c2ccccc2)C1C=Cc1ccccc1)c1ccccc1. The van der Waals surface area contributed by atoms with Gasteiger partial charge in [0, 0.05) is 0 Å². The molecule has 3 aromatic carbocycles. The van der Waals surface area contributed by atoms with Gasteiger partial charge in [0.2, 0.25) is 11.8 Å². The lowest BCUT2D eigenvalue weighted by Gasteiger charge is -2.52. The van der Waals surface area contributed by atoms with E-state index in [9.17, 15) is 24.3 Å². The van der Waals surface area contributed by atoms with E-state index in [1.807, 2.05) is 91.0 Å². The number of ether oxygens (including phenoxy) is 1. The minimum Gasteiger partial charge on any atom is -0.481 e. The molecule has 0 bridgehead atoms. The first kappa shape index (κ1) is 27.6. The number of carboxylic acid groups (broad SMARTS) is 1. The molecule has 2 fully saturated rings. The molecule has 3 amide bonds. The highest BCUT2D eigenvalue weighted by Gasteiger charge is 2.58. The number of likely N-dealkylation sites (tertiary alicyclic amines) is 1. The summed E-state index contributed by atoms with van der Waals surface area (Å²) >= 11 is 0. The fourth-order valence-corrected chi connectivity index (χ4v) is 5.42. The lowest BCUT2D eigenvalue weighted by molar-refractivity contribution is -0.165. The van der Waals surface area contributed by atoms with E-state index in [0.717, 1.165) is 16.7 Å². The average molecular weight is 554 g/mol. The molecule has 2 aliphatic heterocycles. The Balaban J connectivity index is 1.48. The number of hydrogen-bond acceptors (Lipinski definition) is 5. The third kappa shape index (κ3) is 5.84. The number of rotatable bonds is 10. The summed E-state index contributed by atoms with van der Waals surface area (Å²) in [6, 6.07) is 24.0. The first-order valence-electron chi connectivity index (χ1n) is 13.5. The van der Waals surface area contributed by atoms with Gasteiger partial charge in [-0.1, -0.05) is 103 Å². The van der Waals surface area contributed by atoms with Crippen molar-refractivity contribution in [1.29, 1.82) is 0 Å². The van der Waals surface area contributed by atoms with Crippen LogP contribution in [0.4, 0.5) is 4.79 Å². The fourth-order valence-electron chi connectivity index (χ4n) is 5.42. The van der Waals surface area contributed by atoms with Gasteiger partial charge in [0.15, 0.2) is 0 Å². The third-order valence-electron chi connectivity index (χ3n) is 7.50. The number of carbonyl (C=O) groups excluding carboxylic acids is 3. The molecule has 2 aliphatic rings. The van der Waals surface area contributed by atoms with Crippen LogP contribution in [0.25, 0.3) is 6.08 Å². The molecule has 9 heteroatoms. The van der Waals surface area contributed by atoms with Gasteiger partial charge in [0.05, 0.1) is 24.5 Å². The van der Waals surface area contributed by atoms with Crippen LogP contribution in [0.15, 0.2) is 97.1 Å². The molecule has 9 nitrogen and oxygen atoms in total. The number of cyclic esters (lactones) is 1. The Labute approximate surface area is 238 Å². The summed E-state index contributed by atoms with van der Waals surface area (Å²) in [5.41, 5.74) is 2.51. The summed E-state index contributed by atoms with van der Waals surface area (Å²) in [5, 5.41) is 12.6. The van der Waals surface area contributed by atoms with Crippen LogP contribution in [0.3, 0.4) is 0 Å². The van der Waals surface area contributed by atoms with Crippen LogP contribution in [0.5, 0.6) is 0 Å². The predicted octanol–water partition coefficient (Wildman–Crippen LogP) is 4.19. The van der Waals surface area contributed by atoms with Crippen molar-refractivity contribution in [2.75, 3.05) is 6.61 Å². The Bertz CT molecular complexity index is 1430. The van der Waals surface area contributed by atoms with Gasteiger partial charge >= 0.3 is 12.1 Å². The monoisotopic (exact) mass is 553 g/mol. The summed E-state index contributed by atoms with van der Waals surface area (Å²) < 4.78 is 5.38. The molecule has 0 saturated carbocycles. The van der Waals surface area contributed by atoms with E-state index in [1.54, 1.807) is 19.1 Å². The number of aliphatic carboxylic acids is 1. The molecule has 3 aromatic rings. The molecule has 0 spiro atoms. The van der Waals surface area contributed by atoms with Crippen LogP contribution in [0.1, 0.15) is 42.1 Å². The van der Waals surface area contributed by atoms with Gasteiger partial charge in [-0.05, 0) is 23.6 Å². The second-order valence-corrected chi connectivity index (χ2v) is 10.1. The van der Waals surface area contributed by atoms with E-state index >= 15 is 0 Å². The lowest BCUT2D eigenvalue weighted by atomic mass is 9.87. The van der Waals surface area contributed by atoms with Gasteiger partial charge in [0.1, 0.15) is 18.7 Å². The molecule has 0 radical (unpaired) electrons. The van der Waals surface area contributed by atoms with Crippen molar-refractivity contribution in [3.05, 3.63) is 114 Å². The second kappa shape index (κ2) is 12.1. The molecule has 210 valence electrons. The van der Waals surface area contributed by atoms with Crippen molar-refractivity contribution in [2.45, 2.75) is 43.6 Å².